The van der Waals surface area contributed by atoms with Crippen molar-refractivity contribution >= 4 is 11.7 Å². The molecular formula is C14H24N2O3. The quantitative estimate of drug-likeness (QED) is 0.755. The van der Waals surface area contributed by atoms with Gasteiger partial charge in [-0.2, -0.15) is 0 Å². The molecule has 2 aliphatic heterocycles. The van der Waals surface area contributed by atoms with Crippen molar-refractivity contribution in [3.05, 3.63) is 0 Å². The Morgan fingerprint density at radius 3 is 2.58 bits per heavy atom. The van der Waals surface area contributed by atoms with E-state index in [4.69, 9.17) is 4.74 Å². The van der Waals surface area contributed by atoms with E-state index in [0.717, 1.165) is 19.4 Å². The minimum Gasteiger partial charge on any atom is -0.381 e. The summed E-state index contributed by atoms with van der Waals surface area (Å²) >= 11 is 0. The normalized spacial score (nSPS) is 29.6. The number of rotatable bonds is 3. The molecule has 0 spiro atoms. The minimum atomic E-state index is 0.162. The maximum atomic E-state index is 12.2. The van der Waals surface area contributed by atoms with Crippen LogP contribution in [0.15, 0.2) is 0 Å². The lowest BCUT2D eigenvalue weighted by molar-refractivity contribution is -0.136. The molecule has 2 aliphatic rings. The standard InChI is InChI=1S/C14H24N2O3/c1-11-9-13(19-2)5-8-16(11)10-14(18)15-6-3-12(17)4-7-15/h11,13H,3-10H2,1-2H3. The fourth-order valence-corrected chi connectivity index (χ4v) is 2.91. The summed E-state index contributed by atoms with van der Waals surface area (Å²) in [5, 5.41) is 0. The fraction of sp³-hybridized carbons (Fsp3) is 0.857. The molecule has 19 heavy (non-hydrogen) atoms. The summed E-state index contributed by atoms with van der Waals surface area (Å²) in [4.78, 5) is 27.5. The monoisotopic (exact) mass is 268 g/mol. The molecule has 2 fully saturated rings. The van der Waals surface area contributed by atoms with Gasteiger partial charge in [0.25, 0.3) is 0 Å². The number of Topliss-reactive ketones (excluding diaryl/α,β-unsaturated/α-hetero) is 1. The van der Waals surface area contributed by atoms with Gasteiger partial charge in [0.05, 0.1) is 12.6 Å². The van der Waals surface area contributed by atoms with Crippen LogP contribution < -0.4 is 0 Å². The first-order valence-corrected chi connectivity index (χ1v) is 7.16. The number of ketones is 1. The first-order valence-electron chi connectivity index (χ1n) is 7.16. The van der Waals surface area contributed by atoms with E-state index in [1.165, 1.54) is 0 Å². The SMILES string of the molecule is COC1CCN(CC(=O)N2CCC(=O)CC2)C(C)C1. The van der Waals surface area contributed by atoms with Gasteiger partial charge in [-0.15, -0.1) is 0 Å². The van der Waals surface area contributed by atoms with Gasteiger partial charge in [0, 0.05) is 45.6 Å². The second kappa shape index (κ2) is 6.48. The van der Waals surface area contributed by atoms with Crippen LogP contribution in [0.25, 0.3) is 0 Å². The molecule has 2 saturated heterocycles. The van der Waals surface area contributed by atoms with Crippen LogP contribution in [0.1, 0.15) is 32.6 Å². The number of carbonyl (C=O) groups is 2. The number of hydrogen-bond acceptors (Lipinski definition) is 4. The van der Waals surface area contributed by atoms with Crippen LogP contribution in [0.4, 0.5) is 0 Å². The Bertz CT molecular complexity index is 336. The smallest absolute Gasteiger partial charge is 0.236 e. The Hall–Kier alpha value is -0.940. The molecule has 2 unspecified atom stereocenters. The second-order valence-corrected chi connectivity index (χ2v) is 5.62. The van der Waals surface area contributed by atoms with E-state index in [0.29, 0.717) is 44.6 Å². The van der Waals surface area contributed by atoms with Crippen LogP contribution in [-0.4, -0.2) is 66.9 Å². The zero-order valence-electron chi connectivity index (χ0n) is 11.9. The average molecular weight is 268 g/mol. The van der Waals surface area contributed by atoms with Crippen molar-refractivity contribution in [3.63, 3.8) is 0 Å². The van der Waals surface area contributed by atoms with Gasteiger partial charge in [0.1, 0.15) is 5.78 Å². The molecule has 2 rings (SSSR count). The number of ether oxygens (including phenoxy) is 1. The fourth-order valence-electron chi connectivity index (χ4n) is 2.91. The Morgan fingerprint density at radius 2 is 2.00 bits per heavy atom. The maximum absolute atomic E-state index is 12.2. The van der Waals surface area contributed by atoms with Crippen molar-refractivity contribution in [2.75, 3.05) is 33.3 Å². The van der Waals surface area contributed by atoms with E-state index in [1.807, 2.05) is 4.90 Å². The van der Waals surface area contributed by atoms with Gasteiger partial charge in [0.2, 0.25) is 5.91 Å². The minimum absolute atomic E-state index is 0.162. The molecule has 0 aromatic carbocycles. The molecule has 2 atom stereocenters. The Balaban J connectivity index is 1.80. The summed E-state index contributed by atoms with van der Waals surface area (Å²) in [6, 6.07) is 0.383. The number of piperidine rings is 2. The van der Waals surface area contributed by atoms with E-state index < -0.39 is 0 Å². The van der Waals surface area contributed by atoms with Crippen molar-refractivity contribution in [3.8, 4) is 0 Å². The van der Waals surface area contributed by atoms with Crippen molar-refractivity contribution in [1.82, 2.24) is 9.80 Å². The van der Waals surface area contributed by atoms with Gasteiger partial charge >= 0.3 is 0 Å². The lowest BCUT2D eigenvalue weighted by Crippen LogP contribution is -2.50. The van der Waals surface area contributed by atoms with E-state index >= 15 is 0 Å². The summed E-state index contributed by atoms with van der Waals surface area (Å²) in [7, 11) is 1.75. The predicted octanol–water partition coefficient (Wildman–Crippen LogP) is 0.677. The zero-order chi connectivity index (χ0) is 13.8. The molecule has 5 heteroatoms. The highest BCUT2D eigenvalue weighted by Crippen LogP contribution is 2.19. The molecule has 0 N–H and O–H groups in total. The van der Waals surface area contributed by atoms with Crippen molar-refractivity contribution in [2.45, 2.75) is 44.8 Å². The first kappa shape index (κ1) is 14.5. The van der Waals surface area contributed by atoms with Gasteiger partial charge in [-0.3, -0.25) is 14.5 Å². The molecule has 0 aliphatic carbocycles. The van der Waals surface area contributed by atoms with Crippen molar-refractivity contribution < 1.29 is 14.3 Å². The summed E-state index contributed by atoms with van der Waals surface area (Å²) in [5.41, 5.74) is 0. The Labute approximate surface area is 114 Å². The second-order valence-electron chi connectivity index (χ2n) is 5.62. The highest BCUT2D eigenvalue weighted by molar-refractivity contribution is 5.84. The molecule has 0 aromatic heterocycles. The van der Waals surface area contributed by atoms with Crippen LogP contribution >= 0.6 is 0 Å². The van der Waals surface area contributed by atoms with E-state index in [1.54, 1.807) is 7.11 Å². The van der Waals surface area contributed by atoms with Gasteiger partial charge in [0.15, 0.2) is 0 Å². The number of methoxy groups -OCH3 is 1. The van der Waals surface area contributed by atoms with Crippen molar-refractivity contribution in [2.24, 2.45) is 0 Å². The van der Waals surface area contributed by atoms with Crippen LogP contribution in [0, 0.1) is 0 Å². The van der Waals surface area contributed by atoms with Crippen LogP contribution in [0.2, 0.25) is 0 Å². The van der Waals surface area contributed by atoms with Crippen molar-refractivity contribution in [1.29, 1.82) is 0 Å². The number of nitrogens with zero attached hydrogens (tertiary/aromatic N) is 2. The summed E-state index contributed by atoms with van der Waals surface area (Å²) in [6.45, 7) is 4.74. The highest BCUT2D eigenvalue weighted by Gasteiger charge is 2.29. The molecular weight excluding hydrogens is 244 g/mol. The number of amides is 1. The summed E-state index contributed by atoms with van der Waals surface area (Å²) < 4.78 is 5.38. The largest absolute Gasteiger partial charge is 0.381 e. The molecule has 0 aromatic rings. The van der Waals surface area contributed by atoms with Crippen LogP contribution in [-0.2, 0) is 14.3 Å². The topological polar surface area (TPSA) is 49.9 Å². The third kappa shape index (κ3) is 3.76. The summed E-state index contributed by atoms with van der Waals surface area (Å²) in [6.07, 6.45) is 3.35. The summed E-state index contributed by atoms with van der Waals surface area (Å²) in [5.74, 6) is 0.438. The Kier molecular flexibility index (Phi) is 4.93. The number of likely N-dealkylation sites (tertiary alicyclic amines) is 2. The molecule has 108 valence electrons. The molecule has 2 heterocycles. The number of hydrogen-bond donors (Lipinski definition) is 0. The van der Waals surface area contributed by atoms with E-state index in [9.17, 15) is 9.59 Å². The van der Waals surface area contributed by atoms with Gasteiger partial charge in [-0.05, 0) is 19.8 Å². The molecule has 0 bridgehead atoms. The first-order chi connectivity index (χ1) is 9.10. The molecule has 0 saturated carbocycles. The van der Waals surface area contributed by atoms with E-state index in [-0.39, 0.29) is 11.7 Å². The lowest BCUT2D eigenvalue weighted by atomic mass is 10.0. The molecule has 0 radical (unpaired) electrons. The van der Waals surface area contributed by atoms with Gasteiger partial charge in [-0.1, -0.05) is 0 Å². The zero-order valence-corrected chi connectivity index (χ0v) is 11.9. The molecule has 1 amide bonds. The van der Waals surface area contributed by atoms with Gasteiger partial charge < -0.3 is 9.64 Å². The third-order valence-corrected chi connectivity index (χ3v) is 4.31. The highest BCUT2D eigenvalue weighted by atomic mass is 16.5. The lowest BCUT2D eigenvalue weighted by Gasteiger charge is -2.38. The number of carbonyl (C=O) groups excluding carboxylic acids is 2. The predicted molar refractivity (Wildman–Crippen MR) is 71.9 cm³/mol. The average Bonchev–Trinajstić information content (AvgIpc) is 2.41. The third-order valence-electron chi connectivity index (χ3n) is 4.31. The Morgan fingerprint density at radius 1 is 1.32 bits per heavy atom. The van der Waals surface area contributed by atoms with Crippen LogP contribution in [0.5, 0.6) is 0 Å². The van der Waals surface area contributed by atoms with Crippen LogP contribution in [0.3, 0.4) is 0 Å². The van der Waals surface area contributed by atoms with E-state index in [2.05, 4.69) is 11.8 Å². The maximum Gasteiger partial charge on any atom is 0.236 e. The van der Waals surface area contributed by atoms with Gasteiger partial charge in [-0.25, -0.2) is 0 Å². The molecule has 5 nitrogen and oxygen atoms in total.